The second-order valence-corrected chi connectivity index (χ2v) is 37.1. The van der Waals surface area contributed by atoms with Crippen LogP contribution in [0.5, 0.6) is 0 Å². The van der Waals surface area contributed by atoms with E-state index in [2.05, 4.69) is 128 Å². The highest BCUT2D eigenvalue weighted by Crippen LogP contribution is 2.56. The Hall–Kier alpha value is 3.02. The van der Waals surface area contributed by atoms with E-state index in [9.17, 15) is 0 Å². The molecule has 0 heterocycles. The minimum absolute atomic E-state index is 0.302. The fourth-order valence-corrected chi connectivity index (χ4v) is 31.8. The molecule has 49 heavy (non-hydrogen) atoms. The van der Waals surface area contributed by atoms with Crippen molar-refractivity contribution in [2.24, 2.45) is 0 Å². The molecule has 1 aliphatic carbocycles. The molecule has 3 unspecified atom stereocenters. The highest BCUT2D eigenvalue weighted by Gasteiger charge is 2.38. The first-order valence-electron chi connectivity index (χ1n) is 20.8. The maximum absolute atomic E-state index is 6.70. The van der Waals surface area contributed by atoms with Crippen molar-refractivity contribution in [1.29, 1.82) is 0 Å². The van der Waals surface area contributed by atoms with Crippen LogP contribution in [0.2, 0.25) is 0 Å². The van der Waals surface area contributed by atoms with E-state index in [-0.39, 0.29) is 0 Å². The molecule has 1 fully saturated rings. The lowest BCUT2D eigenvalue weighted by atomic mass is 10.0. The summed E-state index contributed by atoms with van der Waals surface area (Å²) in [7, 11) is 6.79. The summed E-state index contributed by atoms with van der Waals surface area (Å²) in [4.78, 5) is 0. The molecule has 1 saturated carbocycles. The molecule has 0 spiro atoms. The monoisotopic (exact) mass is 849 g/mol. The second kappa shape index (κ2) is 32.1. The standard InChI is InChI=1S/C40H81S9/c1-8-12-16-20-28-36-45-49(41,46-37-29-22-21-23-30-37)47-38(42-33-15-11-4)31-24-18-19-25-32-40(48-39(5,6)7,43-34-26-14-10-3)44-35-27-17-13-9-2/h37-38H,8-36H2,1-7H3/q+1. The predicted molar refractivity (Wildman–Crippen MR) is 256 cm³/mol. The van der Waals surface area contributed by atoms with Gasteiger partial charge in [-0.2, -0.15) is 0 Å². The molecule has 294 valence electrons. The summed E-state index contributed by atoms with van der Waals surface area (Å²) < 4.78 is 1.31. The Labute approximate surface area is 343 Å². The van der Waals surface area contributed by atoms with Gasteiger partial charge >= 0.3 is 0 Å². The van der Waals surface area contributed by atoms with E-state index in [1.54, 1.807) is 0 Å². The van der Waals surface area contributed by atoms with E-state index >= 15 is 0 Å². The molecule has 0 N–H and O–H groups in total. The summed E-state index contributed by atoms with van der Waals surface area (Å²) in [5.74, 6) is 5.25. The second-order valence-electron chi connectivity index (χ2n) is 15.1. The highest BCUT2D eigenvalue weighted by molar-refractivity contribution is 9.42. The van der Waals surface area contributed by atoms with Gasteiger partial charge in [-0.1, -0.05) is 158 Å². The molecular formula is C40H81S9+. The Morgan fingerprint density at radius 1 is 0.612 bits per heavy atom. The summed E-state index contributed by atoms with van der Waals surface area (Å²) >= 11 is 15.9. The maximum atomic E-state index is 6.70. The molecule has 0 radical (unpaired) electrons. The lowest BCUT2D eigenvalue weighted by Gasteiger charge is -2.38. The number of rotatable bonds is 34. The van der Waals surface area contributed by atoms with Gasteiger partial charge in [-0.3, -0.25) is 0 Å². The van der Waals surface area contributed by atoms with Gasteiger partial charge in [-0.15, -0.1) is 47.0 Å². The Morgan fingerprint density at radius 3 is 1.78 bits per heavy atom. The van der Waals surface area contributed by atoms with E-state index < -0.39 is 5.68 Å². The summed E-state index contributed by atoms with van der Waals surface area (Å²) in [6.45, 7) is 16.7. The molecule has 3 atom stereocenters. The number of unbranched alkanes of at least 4 members (excludes halogenated alkanes) is 13. The lowest BCUT2D eigenvalue weighted by Crippen LogP contribution is -2.25. The van der Waals surface area contributed by atoms with Crippen LogP contribution < -0.4 is 0 Å². The van der Waals surface area contributed by atoms with Crippen molar-refractivity contribution in [3.63, 3.8) is 0 Å². The zero-order valence-corrected chi connectivity index (χ0v) is 40.7. The predicted octanol–water partition coefficient (Wildman–Crippen LogP) is 17.5. The smallest absolute Gasteiger partial charge is 0.143 e. The van der Waals surface area contributed by atoms with Gasteiger partial charge in [0.1, 0.15) is 19.9 Å². The van der Waals surface area contributed by atoms with Gasteiger partial charge in [0.05, 0.1) is 31.4 Å². The van der Waals surface area contributed by atoms with E-state index in [0.29, 0.717) is 12.7 Å². The maximum Gasteiger partial charge on any atom is 0.173 e. The third kappa shape index (κ3) is 28.1. The zero-order chi connectivity index (χ0) is 36.1. The number of hydrogen-bond donors (Lipinski definition) is 0. The van der Waals surface area contributed by atoms with E-state index in [1.807, 2.05) is 0 Å². The molecule has 0 amide bonds. The molecule has 0 aromatic carbocycles. The minimum Gasteiger partial charge on any atom is -0.143 e. The lowest BCUT2D eigenvalue weighted by molar-refractivity contribution is 0.517. The molecular weight excluding hydrogens is 769 g/mol. The molecule has 0 aliphatic heterocycles. The molecule has 0 aromatic heterocycles. The molecule has 0 aromatic rings. The zero-order valence-electron chi connectivity index (χ0n) is 33.3. The largest absolute Gasteiger partial charge is 0.173 e. The van der Waals surface area contributed by atoms with Crippen LogP contribution in [0.1, 0.15) is 209 Å². The first-order chi connectivity index (χ1) is 23.6. The number of hydrogen-bond acceptors (Lipinski definition) is 8. The fourth-order valence-electron chi connectivity index (χ4n) is 6.03. The summed E-state index contributed by atoms with van der Waals surface area (Å²) in [5.41, 5.74) is -1.18. The van der Waals surface area contributed by atoms with Crippen LogP contribution in [0, 0.1) is 0 Å². The Bertz CT molecular complexity index is 780. The number of thioether (sulfide) groups is 4. The molecule has 1 rings (SSSR count). The quantitative estimate of drug-likeness (QED) is 0.0268. The molecule has 0 saturated heterocycles. The third-order valence-corrected chi connectivity index (χ3v) is 29.9. The van der Waals surface area contributed by atoms with Crippen molar-refractivity contribution in [3.05, 3.63) is 0 Å². The molecule has 1 aliphatic rings. The van der Waals surface area contributed by atoms with Crippen LogP contribution in [0.15, 0.2) is 0 Å². The van der Waals surface area contributed by atoms with E-state index in [0.717, 1.165) is 5.25 Å². The molecule has 0 nitrogen and oxygen atoms in total. The Morgan fingerprint density at radius 2 is 1.14 bits per heavy atom. The van der Waals surface area contributed by atoms with Crippen LogP contribution in [0.4, 0.5) is 0 Å². The van der Waals surface area contributed by atoms with Crippen molar-refractivity contribution in [2.75, 3.05) is 23.0 Å². The van der Waals surface area contributed by atoms with Gasteiger partial charge in [0.25, 0.3) is 0 Å². The van der Waals surface area contributed by atoms with Crippen LogP contribution in [0.25, 0.3) is 0 Å². The van der Waals surface area contributed by atoms with Crippen LogP contribution >= 0.6 is 79.4 Å². The van der Waals surface area contributed by atoms with Crippen molar-refractivity contribution >= 4 is 96.3 Å². The van der Waals surface area contributed by atoms with Crippen LogP contribution in [-0.4, -0.2) is 41.0 Å². The Balaban J connectivity index is 2.81. The van der Waals surface area contributed by atoms with Gasteiger partial charge in [0.15, 0.2) is 11.2 Å². The molecule has 9 heteroatoms. The van der Waals surface area contributed by atoms with Crippen molar-refractivity contribution in [1.82, 2.24) is 0 Å². The Kier molecular flexibility index (Phi) is 32.8. The van der Waals surface area contributed by atoms with Crippen molar-refractivity contribution in [2.45, 2.75) is 227 Å². The van der Waals surface area contributed by atoms with Gasteiger partial charge in [0, 0.05) is 10.5 Å². The topological polar surface area (TPSA) is 0 Å². The van der Waals surface area contributed by atoms with Crippen LogP contribution in [-0.2, 0) is 16.9 Å². The minimum atomic E-state index is -1.18. The first-order valence-corrected chi connectivity index (χ1v) is 31.4. The summed E-state index contributed by atoms with van der Waals surface area (Å²) in [6, 6.07) is 0. The fraction of sp³-hybridized carbons (Fsp3) is 1.00. The van der Waals surface area contributed by atoms with Gasteiger partial charge < -0.3 is 0 Å². The van der Waals surface area contributed by atoms with Crippen LogP contribution in [0.3, 0.4) is 0 Å². The first kappa shape index (κ1) is 50.0. The van der Waals surface area contributed by atoms with Gasteiger partial charge in [-0.05, 0) is 68.6 Å². The normalized spacial score (nSPS) is 17.6. The SMILES string of the molecule is CCCCCCCS[S+](=S)(SC1CCCCC1)SC(CCCCCCC(SCCCCC)(SCCCCCC)SC(C)(C)C)SCCCC. The van der Waals surface area contributed by atoms with Crippen molar-refractivity contribution < 1.29 is 0 Å². The summed E-state index contributed by atoms with van der Waals surface area (Å²) in [5, 5.41) is 0.818. The summed E-state index contributed by atoms with van der Waals surface area (Å²) in [6.07, 6.45) is 34.5. The molecule has 0 bridgehead atoms. The van der Waals surface area contributed by atoms with E-state index in [1.165, 1.54) is 184 Å². The average molecular weight is 851 g/mol. The average Bonchev–Trinajstić information content (AvgIpc) is 3.06. The van der Waals surface area contributed by atoms with E-state index in [4.69, 9.17) is 11.2 Å². The van der Waals surface area contributed by atoms with Gasteiger partial charge in [0.2, 0.25) is 0 Å². The highest BCUT2D eigenvalue weighted by atomic mass is 34.0. The van der Waals surface area contributed by atoms with Crippen molar-refractivity contribution in [3.8, 4) is 0 Å². The third-order valence-electron chi connectivity index (χ3n) is 8.83. The van der Waals surface area contributed by atoms with Gasteiger partial charge in [-0.25, -0.2) is 0 Å².